The van der Waals surface area contributed by atoms with Crippen LogP contribution in [0.5, 0.6) is 0 Å². The van der Waals surface area contributed by atoms with Gasteiger partial charge in [0.05, 0.1) is 12.2 Å². The van der Waals surface area contributed by atoms with Crippen LogP contribution in [-0.2, 0) is 14.8 Å². The SMILES string of the molecule is O=C(Nc1ccnn1C1CCCC1)C1CCN(S(=O)(=O)/C=C/c2ccccc2)CC1. The van der Waals surface area contributed by atoms with Gasteiger partial charge in [0, 0.05) is 30.5 Å². The van der Waals surface area contributed by atoms with E-state index in [9.17, 15) is 13.2 Å². The number of hydrogen-bond donors (Lipinski definition) is 1. The Labute approximate surface area is 177 Å². The summed E-state index contributed by atoms with van der Waals surface area (Å²) in [5, 5.41) is 8.66. The molecule has 1 saturated carbocycles. The van der Waals surface area contributed by atoms with Crippen LogP contribution in [0, 0.1) is 5.92 Å². The lowest BCUT2D eigenvalue weighted by Crippen LogP contribution is -2.40. The second-order valence-corrected chi connectivity index (χ2v) is 9.84. The molecule has 0 unspecified atom stereocenters. The van der Waals surface area contributed by atoms with Crippen molar-refractivity contribution < 1.29 is 13.2 Å². The van der Waals surface area contributed by atoms with Gasteiger partial charge in [-0.1, -0.05) is 43.2 Å². The first-order valence-corrected chi connectivity index (χ1v) is 12.1. The average Bonchev–Trinajstić information content (AvgIpc) is 3.45. The van der Waals surface area contributed by atoms with E-state index >= 15 is 0 Å². The molecule has 2 aromatic rings. The van der Waals surface area contributed by atoms with Gasteiger partial charge in [0.25, 0.3) is 0 Å². The third-order valence-electron chi connectivity index (χ3n) is 6.01. The molecule has 4 rings (SSSR count). The third kappa shape index (κ3) is 4.82. The molecule has 160 valence electrons. The van der Waals surface area contributed by atoms with Gasteiger partial charge in [0.15, 0.2) is 0 Å². The van der Waals surface area contributed by atoms with Crippen molar-refractivity contribution >= 4 is 27.8 Å². The largest absolute Gasteiger partial charge is 0.311 e. The first kappa shape index (κ1) is 20.8. The molecule has 1 saturated heterocycles. The molecule has 0 radical (unpaired) electrons. The van der Waals surface area contributed by atoms with E-state index in [0.717, 1.165) is 24.2 Å². The first-order valence-electron chi connectivity index (χ1n) is 10.6. The van der Waals surface area contributed by atoms with Crippen LogP contribution in [0.3, 0.4) is 0 Å². The van der Waals surface area contributed by atoms with Gasteiger partial charge in [-0.25, -0.2) is 13.1 Å². The molecule has 1 aromatic carbocycles. The van der Waals surface area contributed by atoms with Crippen molar-refractivity contribution in [1.29, 1.82) is 0 Å². The third-order valence-corrected chi connectivity index (χ3v) is 7.57. The Morgan fingerprint density at radius 3 is 2.43 bits per heavy atom. The predicted octanol–water partition coefficient (Wildman–Crippen LogP) is 3.65. The van der Waals surface area contributed by atoms with E-state index in [4.69, 9.17) is 0 Å². The van der Waals surface area contributed by atoms with Crippen molar-refractivity contribution in [1.82, 2.24) is 14.1 Å². The number of benzene rings is 1. The number of amides is 1. The lowest BCUT2D eigenvalue weighted by atomic mass is 9.97. The molecule has 0 bridgehead atoms. The zero-order valence-corrected chi connectivity index (χ0v) is 17.8. The lowest BCUT2D eigenvalue weighted by Gasteiger charge is -2.29. The Morgan fingerprint density at radius 2 is 1.73 bits per heavy atom. The molecule has 1 N–H and O–H groups in total. The molecular formula is C22H28N4O3S. The summed E-state index contributed by atoms with van der Waals surface area (Å²) < 4.78 is 28.6. The van der Waals surface area contributed by atoms with Crippen molar-refractivity contribution in [2.24, 2.45) is 5.92 Å². The van der Waals surface area contributed by atoms with E-state index in [0.29, 0.717) is 32.0 Å². The lowest BCUT2D eigenvalue weighted by molar-refractivity contribution is -0.121. The maximum Gasteiger partial charge on any atom is 0.236 e. The first-order chi connectivity index (χ1) is 14.5. The Balaban J connectivity index is 1.32. The molecule has 7 nitrogen and oxygen atoms in total. The average molecular weight is 429 g/mol. The molecule has 2 heterocycles. The van der Waals surface area contributed by atoms with Crippen LogP contribution in [0.25, 0.3) is 6.08 Å². The van der Waals surface area contributed by atoms with Gasteiger partial charge in [-0.2, -0.15) is 9.40 Å². The molecule has 1 aliphatic heterocycles. The minimum atomic E-state index is -3.49. The van der Waals surface area contributed by atoms with Gasteiger partial charge in [0.2, 0.25) is 15.9 Å². The Bertz CT molecular complexity index is 986. The number of carbonyl (C=O) groups excluding carboxylic acids is 1. The highest BCUT2D eigenvalue weighted by molar-refractivity contribution is 7.92. The number of nitrogens with one attached hydrogen (secondary N) is 1. The summed E-state index contributed by atoms with van der Waals surface area (Å²) in [7, 11) is -3.49. The monoisotopic (exact) mass is 428 g/mol. The minimum absolute atomic E-state index is 0.0494. The van der Waals surface area contributed by atoms with Crippen molar-refractivity contribution in [3.63, 3.8) is 0 Å². The summed E-state index contributed by atoms with van der Waals surface area (Å²) in [6.45, 7) is 0.697. The van der Waals surface area contributed by atoms with Crippen LogP contribution >= 0.6 is 0 Å². The van der Waals surface area contributed by atoms with E-state index in [2.05, 4.69) is 10.4 Å². The number of rotatable bonds is 6. The number of sulfonamides is 1. The fraction of sp³-hybridized carbons (Fsp3) is 0.455. The second-order valence-electron chi connectivity index (χ2n) is 8.02. The number of anilines is 1. The van der Waals surface area contributed by atoms with Crippen molar-refractivity contribution in [2.45, 2.75) is 44.6 Å². The molecule has 8 heteroatoms. The van der Waals surface area contributed by atoms with Gasteiger partial charge in [0.1, 0.15) is 5.82 Å². The summed E-state index contributed by atoms with van der Waals surface area (Å²) in [6.07, 6.45) is 8.95. The van der Waals surface area contributed by atoms with Gasteiger partial charge in [-0.05, 0) is 37.3 Å². The van der Waals surface area contributed by atoms with Gasteiger partial charge >= 0.3 is 0 Å². The van der Waals surface area contributed by atoms with Gasteiger partial charge in [-0.15, -0.1) is 0 Å². The van der Waals surface area contributed by atoms with Crippen LogP contribution in [0.15, 0.2) is 48.0 Å². The molecule has 0 spiro atoms. The van der Waals surface area contributed by atoms with E-state index in [1.54, 1.807) is 12.3 Å². The Morgan fingerprint density at radius 1 is 1.03 bits per heavy atom. The maximum atomic E-state index is 12.8. The number of piperidine rings is 1. The predicted molar refractivity (Wildman–Crippen MR) is 117 cm³/mol. The number of hydrogen-bond acceptors (Lipinski definition) is 4. The Kier molecular flexibility index (Phi) is 6.34. The van der Waals surface area contributed by atoms with Gasteiger partial charge in [-0.3, -0.25) is 4.79 Å². The molecule has 0 atom stereocenters. The topological polar surface area (TPSA) is 84.3 Å². The Hall–Kier alpha value is -2.45. The van der Waals surface area contributed by atoms with E-state index in [-0.39, 0.29) is 11.8 Å². The van der Waals surface area contributed by atoms with Crippen LogP contribution in [-0.4, -0.2) is 41.5 Å². The smallest absolute Gasteiger partial charge is 0.236 e. The minimum Gasteiger partial charge on any atom is -0.311 e. The van der Waals surface area contributed by atoms with Crippen molar-refractivity contribution in [3.05, 3.63) is 53.6 Å². The zero-order chi connectivity index (χ0) is 21.0. The summed E-state index contributed by atoms with van der Waals surface area (Å²) in [5.74, 6) is 0.501. The number of nitrogens with zero attached hydrogens (tertiary/aromatic N) is 3. The molecular weight excluding hydrogens is 400 g/mol. The molecule has 1 aliphatic carbocycles. The maximum absolute atomic E-state index is 12.8. The quantitative estimate of drug-likeness (QED) is 0.761. The number of carbonyl (C=O) groups is 1. The van der Waals surface area contributed by atoms with Crippen LogP contribution in [0.1, 0.15) is 50.1 Å². The highest BCUT2D eigenvalue weighted by atomic mass is 32.2. The van der Waals surface area contributed by atoms with Crippen molar-refractivity contribution in [2.75, 3.05) is 18.4 Å². The zero-order valence-electron chi connectivity index (χ0n) is 17.0. The van der Waals surface area contributed by atoms with Crippen molar-refractivity contribution in [3.8, 4) is 0 Å². The second kappa shape index (κ2) is 9.14. The van der Waals surface area contributed by atoms with Gasteiger partial charge < -0.3 is 5.32 Å². The molecule has 30 heavy (non-hydrogen) atoms. The normalized spacial score (nSPS) is 19.5. The fourth-order valence-corrected chi connectivity index (χ4v) is 5.49. The molecule has 2 aliphatic rings. The van der Waals surface area contributed by atoms with E-state index in [1.165, 1.54) is 22.6 Å². The summed E-state index contributed by atoms with van der Waals surface area (Å²) >= 11 is 0. The highest BCUT2D eigenvalue weighted by Gasteiger charge is 2.30. The summed E-state index contributed by atoms with van der Waals surface area (Å²) in [5.41, 5.74) is 0.842. The van der Waals surface area contributed by atoms with E-state index in [1.807, 2.05) is 41.1 Å². The molecule has 2 fully saturated rings. The highest BCUT2D eigenvalue weighted by Crippen LogP contribution is 2.31. The molecule has 1 amide bonds. The standard InChI is InChI=1S/C22H28N4O3S/c27-22(24-21-10-14-23-26(21)20-8-4-5-9-20)19-11-15-25(16-12-19)30(28,29)17-13-18-6-2-1-3-7-18/h1-3,6-7,10,13-14,17,19-20H,4-5,8-9,11-12,15-16H2,(H,24,27)/b17-13+. The molecule has 1 aromatic heterocycles. The van der Waals surface area contributed by atoms with E-state index < -0.39 is 10.0 Å². The van der Waals surface area contributed by atoms with Crippen LogP contribution in [0.4, 0.5) is 5.82 Å². The van der Waals surface area contributed by atoms with Crippen LogP contribution < -0.4 is 5.32 Å². The summed E-state index contributed by atoms with van der Waals surface area (Å²) in [6, 6.07) is 11.5. The fourth-order valence-electron chi connectivity index (χ4n) is 4.27. The summed E-state index contributed by atoms with van der Waals surface area (Å²) in [4.78, 5) is 12.8. The van der Waals surface area contributed by atoms with Crippen LogP contribution in [0.2, 0.25) is 0 Å². The number of aromatic nitrogens is 2.